The van der Waals surface area contributed by atoms with Crippen LogP contribution in [0, 0.1) is 0 Å². The van der Waals surface area contributed by atoms with E-state index in [1.165, 1.54) is 63.0 Å². The van der Waals surface area contributed by atoms with Crippen molar-refractivity contribution in [3.05, 3.63) is 71.8 Å². The second-order valence-corrected chi connectivity index (χ2v) is 11.2. The first-order valence-electron chi connectivity index (χ1n) is 10.8. The normalized spacial score (nSPS) is 13.1. The Hall–Kier alpha value is -2.29. The van der Waals surface area contributed by atoms with E-state index < -0.39 is 0 Å². The zero-order valence-corrected chi connectivity index (χ0v) is 19.4. The van der Waals surface area contributed by atoms with Gasteiger partial charge in [0, 0.05) is 35.3 Å². The summed E-state index contributed by atoms with van der Waals surface area (Å²) in [5.74, 6) is 1.10. The molecule has 5 aromatic rings. The summed E-state index contributed by atoms with van der Waals surface area (Å²) >= 11 is 3.88. The number of hydrogen-bond donors (Lipinski definition) is 0. The molecule has 148 valence electrons. The van der Waals surface area contributed by atoms with E-state index in [-0.39, 0.29) is 0 Å². The van der Waals surface area contributed by atoms with E-state index in [1.807, 2.05) is 23.1 Å². The summed E-state index contributed by atoms with van der Waals surface area (Å²) in [7, 11) is 0. The van der Waals surface area contributed by atoms with Gasteiger partial charge in [-0.15, -0.1) is 11.3 Å². The van der Waals surface area contributed by atoms with Crippen LogP contribution in [0.25, 0.3) is 42.1 Å². The lowest BCUT2D eigenvalue weighted by molar-refractivity contribution is 0.862. The summed E-state index contributed by atoms with van der Waals surface area (Å²) < 4.78 is 2.80. The van der Waals surface area contributed by atoms with Crippen LogP contribution in [0.5, 0.6) is 0 Å². The Morgan fingerprint density at radius 1 is 0.600 bits per heavy atom. The predicted molar refractivity (Wildman–Crippen MR) is 135 cm³/mol. The van der Waals surface area contributed by atoms with Gasteiger partial charge in [-0.3, -0.25) is 0 Å². The van der Waals surface area contributed by atoms with E-state index in [4.69, 9.17) is 0 Å². The molecule has 0 saturated heterocycles. The summed E-state index contributed by atoms with van der Waals surface area (Å²) in [5, 5.41) is 5.64. The maximum Gasteiger partial charge on any atom is 0.0368 e. The van der Waals surface area contributed by atoms with E-state index in [0.29, 0.717) is 11.8 Å². The molecule has 2 heterocycles. The number of fused-ring (bicyclic) bond motifs is 6. The molecule has 0 unspecified atom stereocenters. The van der Waals surface area contributed by atoms with Gasteiger partial charge in [-0.25, -0.2) is 0 Å². The highest BCUT2D eigenvalue weighted by Crippen LogP contribution is 2.52. The first-order chi connectivity index (χ1) is 14.5. The second kappa shape index (κ2) is 6.60. The van der Waals surface area contributed by atoms with E-state index in [0.717, 1.165) is 0 Å². The van der Waals surface area contributed by atoms with Crippen molar-refractivity contribution < 1.29 is 0 Å². The Morgan fingerprint density at radius 3 is 2.17 bits per heavy atom. The lowest BCUT2D eigenvalue weighted by atomic mass is 9.92. The lowest BCUT2D eigenvalue weighted by Gasteiger charge is -2.22. The molecule has 0 N–H and O–H groups in total. The summed E-state index contributed by atoms with van der Waals surface area (Å²) in [4.78, 5) is 2.78. The van der Waals surface area contributed by atoms with Crippen LogP contribution in [-0.2, 0) is 0 Å². The molecule has 1 aliphatic rings. The predicted octanol–water partition coefficient (Wildman–Crippen LogP) is 9.59. The van der Waals surface area contributed by atoms with Gasteiger partial charge in [0.1, 0.15) is 0 Å². The van der Waals surface area contributed by atoms with Crippen molar-refractivity contribution in [2.45, 2.75) is 49.3 Å². The van der Waals surface area contributed by atoms with Gasteiger partial charge in [0.15, 0.2) is 0 Å². The average Bonchev–Trinajstić information content (AvgIpc) is 3.11. The molecule has 30 heavy (non-hydrogen) atoms. The highest BCUT2D eigenvalue weighted by molar-refractivity contribution is 7.99. The molecule has 0 aliphatic carbocycles. The highest BCUT2D eigenvalue weighted by Gasteiger charge is 2.23. The van der Waals surface area contributed by atoms with Gasteiger partial charge in [0.25, 0.3) is 0 Å². The van der Waals surface area contributed by atoms with Gasteiger partial charge in [-0.2, -0.15) is 0 Å². The second-order valence-electron chi connectivity index (χ2n) is 9.00. The molecule has 0 radical (unpaired) electrons. The average molecular weight is 425 g/mol. The van der Waals surface area contributed by atoms with Crippen molar-refractivity contribution in [3.63, 3.8) is 0 Å². The number of thiophene rings is 1. The largest absolute Gasteiger partial charge is 0.135 e. The monoisotopic (exact) mass is 424 g/mol. The van der Waals surface area contributed by atoms with Gasteiger partial charge in [0.05, 0.1) is 0 Å². The van der Waals surface area contributed by atoms with Crippen LogP contribution < -0.4 is 0 Å². The molecule has 0 spiro atoms. The number of benzene rings is 4. The Labute approximate surface area is 185 Å². The lowest BCUT2D eigenvalue weighted by Crippen LogP contribution is -1.95. The molecule has 0 fully saturated rings. The zero-order valence-electron chi connectivity index (χ0n) is 17.7. The van der Waals surface area contributed by atoms with Crippen LogP contribution in [0.3, 0.4) is 0 Å². The van der Waals surface area contributed by atoms with E-state index in [9.17, 15) is 0 Å². The van der Waals surface area contributed by atoms with Crippen molar-refractivity contribution in [2.24, 2.45) is 0 Å². The summed E-state index contributed by atoms with van der Waals surface area (Å²) in [6.45, 7) is 9.10. The topological polar surface area (TPSA) is 0 Å². The molecule has 0 bridgehead atoms. The SMILES string of the molecule is CC(C)c1ccc2c(c1)Sc1cccc3c1c-2cc1sc2cc(C(C)C)ccc2c13. The number of rotatable bonds is 2. The smallest absolute Gasteiger partial charge is 0.0368 e. The van der Waals surface area contributed by atoms with Crippen molar-refractivity contribution in [1.82, 2.24) is 0 Å². The fourth-order valence-corrected chi connectivity index (χ4v) is 7.11. The zero-order chi connectivity index (χ0) is 20.6. The maximum atomic E-state index is 2.45. The maximum absolute atomic E-state index is 2.45. The van der Waals surface area contributed by atoms with Crippen molar-refractivity contribution >= 4 is 54.0 Å². The third-order valence-corrected chi connectivity index (χ3v) is 8.65. The van der Waals surface area contributed by atoms with Crippen LogP contribution in [0.4, 0.5) is 0 Å². The first kappa shape index (κ1) is 18.5. The summed E-state index contributed by atoms with van der Waals surface area (Å²) in [6, 6.07) is 23.4. The third kappa shape index (κ3) is 2.60. The molecule has 0 nitrogen and oxygen atoms in total. The van der Waals surface area contributed by atoms with Gasteiger partial charge in [-0.05, 0) is 63.7 Å². The fraction of sp³-hybridized carbons (Fsp3) is 0.214. The molecule has 1 aliphatic heterocycles. The van der Waals surface area contributed by atoms with Gasteiger partial charge < -0.3 is 0 Å². The van der Waals surface area contributed by atoms with Crippen LogP contribution in [0.1, 0.15) is 50.7 Å². The highest BCUT2D eigenvalue weighted by atomic mass is 32.2. The number of hydrogen-bond acceptors (Lipinski definition) is 2. The molecule has 1 aromatic heterocycles. The minimum atomic E-state index is 0.549. The van der Waals surface area contributed by atoms with Crippen LogP contribution in [-0.4, -0.2) is 0 Å². The van der Waals surface area contributed by atoms with E-state index >= 15 is 0 Å². The van der Waals surface area contributed by atoms with Gasteiger partial charge >= 0.3 is 0 Å². The Morgan fingerprint density at radius 2 is 1.37 bits per heavy atom. The third-order valence-electron chi connectivity index (χ3n) is 6.43. The summed E-state index contributed by atoms with van der Waals surface area (Å²) in [5.41, 5.74) is 5.62. The molecular formula is C28H24S2. The summed E-state index contributed by atoms with van der Waals surface area (Å²) in [6.07, 6.45) is 0. The Bertz CT molecular complexity index is 1470. The van der Waals surface area contributed by atoms with Crippen molar-refractivity contribution in [3.8, 4) is 11.1 Å². The molecular weight excluding hydrogens is 400 g/mol. The van der Waals surface area contributed by atoms with Gasteiger partial charge in [0.2, 0.25) is 0 Å². The molecule has 6 rings (SSSR count). The molecule has 0 saturated carbocycles. The molecule has 0 amide bonds. The fourth-order valence-electron chi connectivity index (χ4n) is 4.71. The van der Waals surface area contributed by atoms with E-state index in [2.05, 4.69) is 88.4 Å². The van der Waals surface area contributed by atoms with E-state index in [1.54, 1.807) is 0 Å². The van der Waals surface area contributed by atoms with Crippen LogP contribution in [0.15, 0.2) is 70.5 Å². The molecule has 0 atom stereocenters. The Kier molecular flexibility index (Phi) is 4.07. The molecule has 2 heteroatoms. The van der Waals surface area contributed by atoms with Crippen LogP contribution in [0.2, 0.25) is 0 Å². The van der Waals surface area contributed by atoms with Crippen molar-refractivity contribution in [1.29, 1.82) is 0 Å². The minimum Gasteiger partial charge on any atom is -0.135 e. The van der Waals surface area contributed by atoms with Gasteiger partial charge in [-0.1, -0.05) is 75.9 Å². The van der Waals surface area contributed by atoms with Crippen LogP contribution >= 0.6 is 23.1 Å². The standard InChI is InChI=1S/C28H24S2/c1-15(2)17-8-10-19-22-14-26-27(20-11-9-18(16(3)4)13-25(20)30-26)21-6-5-7-23(28(21)22)29-24(19)12-17/h5-16H,1-4H3. The first-order valence-corrected chi connectivity index (χ1v) is 12.4. The molecule has 4 aromatic carbocycles. The minimum absolute atomic E-state index is 0.549. The van der Waals surface area contributed by atoms with Crippen molar-refractivity contribution in [2.75, 3.05) is 0 Å². The Balaban J connectivity index is 1.71. The quantitative estimate of drug-likeness (QED) is 0.266.